The number of ether oxygens (including phenoxy) is 1. The third kappa shape index (κ3) is 2.58. The molecule has 0 spiro atoms. The second kappa shape index (κ2) is 4.76. The van der Waals surface area contributed by atoms with E-state index in [1.54, 1.807) is 18.4 Å². The second-order valence-electron chi connectivity index (χ2n) is 2.81. The number of aliphatic imine (C=N–C) groups is 1. The number of hydrogen-bond acceptors (Lipinski definition) is 5. The topological polar surface area (TPSA) is 60.5 Å². The van der Waals surface area contributed by atoms with Gasteiger partial charge in [-0.15, -0.1) is 0 Å². The minimum absolute atomic E-state index is 0.223. The Bertz CT molecular complexity index is 497. The zero-order valence-corrected chi connectivity index (χ0v) is 9.18. The molecule has 5 nitrogen and oxygen atoms in total. The summed E-state index contributed by atoms with van der Waals surface area (Å²) >= 11 is 5.76. The number of aromatic nitrogens is 2. The van der Waals surface area contributed by atoms with Crippen molar-refractivity contribution in [3.63, 3.8) is 0 Å². The minimum atomic E-state index is 0.223. The first-order chi connectivity index (χ1) is 7.78. The third-order valence-electron chi connectivity index (χ3n) is 1.72. The Balaban J connectivity index is 2.24. The lowest BCUT2D eigenvalue weighted by Gasteiger charge is -1.99. The molecule has 0 amide bonds. The van der Waals surface area contributed by atoms with Gasteiger partial charge in [-0.25, -0.2) is 4.99 Å². The Hall–Kier alpha value is -1.88. The van der Waals surface area contributed by atoms with Gasteiger partial charge in [-0.05, 0) is 12.1 Å². The van der Waals surface area contributed by atoms with E-state index < -0.39 is 0 Å². The van der Waals surface area contributed by atoms with Crippen LogP contribution in [-0.2, 0) is 0 Å². The van der Waals surface area contributed by atoms with Crippen LogP contribution in [0.4, 0.5) is 5.95 Å². The molecule has 0 bridgehead atoms. The zero-order valence-electron chi connectivity index (χ0n) is 8.42. The highest BCUT2D eigenvalue weighted by Crippen LogP contribution is 2.17. The number of nitrogens with zero attached hydrogens (tertiary/aromatic N) is 3. The molecule has 0 unspecified atom stereocenters. The molecule has 2 aromatic rings. The summed E-state index contributed by atoms with van der Waals surface area (Å²) in [5.74, 6) is 1.20. The molecule has 0 N–H and O–H groups in total. The van der Waals surface area contributed by atoms with Crippen molar-refractivity contribution >= 4 is 23.8 Å². The first-order valence-corrected chi connectivity index (χ1v) is 4.82. The van der Waals surface area contributed by atoms with E-state index in [1.165, 1.54) is 19.4 Å². The maximum atomic E-state index is 5.76. The quantitative estimate of drug-likeness (QED) is 0.608. The predicted octanol–water partition coefficient (Wildman–Crippen LogP) is 2.48. The van der Waals surface area contributed by atoms with E-state index in [4.69, 9.17) is 20.8 Å². The summed E-state index contributed by atoms with van der Waals surface area (Å²) in [6, 6.07) is 5.04. The Morgan fingerprint density at radius 3 is 3.06 bits per heavy atom. The summed E-state index contributed by atoms with van der Waals surface area (Å²) in [7, 11) is 1.50. The van der Waals surface area contributed by atoms with Gasteiger partial charge >= 0.3 is 0 Å². The normalized spacial score (nSPS) is 10.9. The summed E-state index contributed by atoms with van der Waals surface area (Å²) in [5, 5.41) is 0.276. The average molecular weight is 238 g/mol. The van der Waals surface area contributed by atoms with Gasteiger partial charge in [0, 0.05) is 6.07 Å². The highest BCUT2D eigenvalue weighted by Gasteiger charge is 2.01. The Labute approximate surface area is 96.8 Å². The van der Waals surface area contributed by atoms with E-state index >= 15 is 0 Å². The molecule has 0 radical (unpaired) electrons. The van der Waals surface area contributed by atoms with Gasteiger partial charge in [0.25, 0.3) is 5.95 Å². The van der Waals surface area contributed by atoms with E-state index in [0.717, 1.165) is 0 Å². The van der Waals surface area contributed by atoms with Crippen LogP contribution in [0.1, 0.15) is 5.76 Å². The Morgan fingerprint density at radius 2 is 2.38 bits per heavy atom. The fraction of sp³-hybridized carbons (Fsp3) is 0.100. The van der Waals surface area contributed by atoms with Crippen molar-refractivity contribution in [2.24, 2.45) is 4.99 Å². The van der Waals surface area contributed by atoms with Crippen molar-refractivity contribution < 1.29 is 9.15 Å². The maximum Gasteiger partial charge on any atom is 0.254 e. The smallest absolute Gasteiger partial charge is 0.254 e. The van der Waals surface area contributed by atoms with Gasteiger partial charge in [-0.3, -0.25) is 0 Å². The lowest BCUT2D eigenvalue weighted by Crippen LogP contribution is -1.90. The number of rotatable bonds is 3. The van der Waals surface area contributed by atoms with Gasteiger partial charge in [-0.1, -0.05) is 11.6 Å². The van der Waals surface area contributed by atoms with Gasteiger partial charge < -0.3 is 9.15 Å². The molecule has 0 aliphatic rings. The van der Waals surface area contributed by atoms with Crippen LogP contribution >= 0.6 is 11.6 Å². The molecule has 2 aromatic heterocycles. The fourth-order valence-electron chi connectivity index (χ4n) is 1.03. The van der Waals surface area contributed by atoms with E-state index in [0.29, 0.717) is 11.6 Å². The van der Waals surface area contributed by atoms with Crippen molar-refractivity contribution in [2.75, 3.05) is 7.11 Å². The molecule has 0 saturated carbocycles. The van der Waals surface area contributed by atoms with Crippen LogP contribution in [0.15, 0.2) is 33.9 Å². The molecule has 0 aliphatic heterocycles. The molecule has 0 saturated heterocycles. The fourth-order valence-corrected chi connectivity index (χ4v) is 1.20. The van der Waals surface area contributed by atoms with E-state index in [-0.39, 0.29) is 11.1 Å². The van der Waals surface area contributed by atoms with Crippen LogP contribution in [0, 0.1) is 0 Å². The summed E-state index contributed by atoms with van der Waals surface area (Å²) in [6.45, 7) is 0. The van der Waals surface area contributed by atoms with Gasteiger partial charge in [0.2, 0.25) is 5.88 Å². The molecule has 0 aromatic carbocycles. The average Bonchev–Trinajstić information content (AvgIpc) is 2.78. The van der Waals surface area contributed by atoms with Crippen molar-refractivity contribution in [3.8, 4) is 5.88 Å². The molecule has 6 heteroatoms. The molecular weight excluding hydrogens is 230 g/mol. The van der Waals surface area contributed by atoms with Crippen LogP contribution in [0.2, 0.25) is 5.15 Å². The van der Waals surface area contributed by atoms with Crippen LogP contribution in [0.3, 0.4) is 0 Å². The van der Waals surface area contributed by atoms with Crippen LogP contribution < -0.4 is 4.74 Å². The van der Waals surface area contributed by atoms with Crippen molar-refractivity contribution in [2.45, 2.75) is 0 Å². The summed E-state index contributed by atoms with van der Waals surface area (Å²) in [5.41, 5.74) is 0. The van der Waals surface area contributed by atoms with Gasteiger partial charge in [0.15, 0.2) is 0 Å². The lowest BCUT2D eigenvalue weighted by molar-refractivity contribution is 0.397. The van der Waals surface area contributed by atoms with Crippen LogP contribution in [0.5, 0.6) is 5.88 Å². The van der Waals surface area contributed by atoms with Crippen molar-refractivity contribution in [3.05, 3.63) is 35.4 Å². The highest BCUT2D eigenvalue weighted by molar-refractivity contribution is 6.29. The predicted molar refractivity (Wildman–Crippen MR) is 59.6 cm³/mol. The van der Waals surface area contributed by atoms with Gasteiger partial charge in [0.05, 0.1) is 19.6 Å². The number of hydrogen-bond donors (Lipinski definition) is 0. The minimum Gasteiger partial charge on any atom is -0.481 e. The lowest BCUT2D eigenvalue weighted by atomic mass is 10.5. The molecule has 0 fully saturated rings. The standard InChI is InChI=1S/C10H8ClN3O2/c1-15-9-5-8(11)13-10(14-9)12-6-7-3-2-4-16-7/h2-6H,1H3. The third-order valence-corrected chi connectivity index (χ3v) is 1.91. The Kier molecular flexibility index (Phi) is 3.16. The molecule has 2 heterocycles. The molecule has 0 aliphatic carbocycles. The summed E-state index contributed by atoms with van der Waals surface area (Å²) in [4.78, 5) is 11.9. The monoisotopic (exact) mass is 237 g/mol. The van der Waals surface area contributed by atoms with E-state index in [2.05, 4.69) is 15.0 Å². The van der Waals surface area contributed by atoms with E-state index in [9.17, 15) is 0 Å². The van der Waals surface area contributed by atoms with Crippen molar-refractivity contribution in [1.29, 1.82) is 0 Å². The molecule has 16 heavy (non-hydrogen) atoms. The maximum absolute atomic E-state index is 5.76. The second-order valence-corrected chi connectivity index (χ2v) is 3.19. The van der Waals surface area contributed by atoms with Gasteiger partial charge in [-0.2, -0.15) is 9.97 Å². The Morgan fingerprint density at radius 1 is 1.50 bits per heavy atom. The summed E-state index contributed by atoms with van der Waals surface area (Å²) in [6.07, 6.45) is 3.06. The first kappa shape index (κ1) is 10.6. The molecular formula is C10H8ClN3O2. The number of methoxy groups -OCH3 is 1. The van der Waals surface area contributed by atoms with Crippen molar-refractivity contribution in [1.82, 2.24) is 9.97 Å². The number of furan rings is 1. The van der Waals surface area contributed by atoms with Gasteiger partial charge in [0.1, 0.15) is 10.9 Å². The molecule has 2 rings (SSSR count). The highest BCUT2D eigenvalue weighted by atomic mass is 35.5. The SMILES string of the molecule is COc1cc(Cl)nc(N=Cc2ccco2)n1. The molecule has 0 atom stereocenters. The molecule has 82 valence electrons. The van der Waals surface area contributed by atoms with Crippen LogP contribution in [0.25, 0.3) is 0 Å². The van der Waals surface area contributed by atoms with Crippen LogP contribution in [-0.4, -0.2) is 23.3 Å². The van der Waals surface area contributed by atoms with E-state index in [1.807, 2.05) is 0 Å². The number of halogens is 1. The largest absolute Gasteiger partial charge is 0.481 e. The summed E-state index contributed by atoms with van der Waals surface area (Å²) < 4.78 is 10.0. The zero-order chi connectivity index (χ0) is 11.4. The first-order valence-electron chi connectivity index (χ1n) is 4.44.